The van der Waals surface area contributed by atoms with Crippen LogP contribution in [0.3, 0.4) is 0 Å². The van der Waals surface area contributed by atoms with Gasteiger partial charge in [-0.15, -0.1) is 0 Å². The number of halogens is 2. The number of anilines is 2. The fourth-order valence-corrected chi connectivity index (χ4v) is 5.50. The molecule has 1 amide bonds. The lowest BCUT2D eigenvalue weighted by Gasteiger charge is -2.41. The standard InChI is InChI=1S/C24H24F2N4OS2/c1-14-23(33-27)32-24(28-14)30(11-15-2-3-15)22(31)17-12-29(13-17)19-7-4-16(5-8-19)20-10-18(25)6-9-21(20)26/h4-10,15,17H,2-3,11-13,27H2,1H3. The monoisotopic (exact) mass is 486 g/mol. The van der Waals surface area contributed by atoms with E-state index in [0.29, 0.717) is 31.1 Å². The summed E-state index contributed by atoms with van der Waals surface area (Å²) in [5.41, 5.74) is 2.68. The van der Waals surface area contributed by atoms with Gasteiger partial charge in [0, 0.05) is 30.9 Å². The van der Waals surface area contributed by atoms with Gasteiger partial charge in [-0.3, -0.25) is 14.8 Å². The number of hydrogen-bond acceptors (Lipinski definition) is 6. The van der Waals surface area contributed by atoms with E-state index in [4.69, 9.17) is 5.14 Å². The second-order valence-electron chi connectivity index (χ2n) is 8.65. The first-order valence-corrected chi connectivity index (χ1v) is 12.6. The van der Waals surface area contributed by atoms with E-state index >= 15 is 0 Å². The lowest BCUT2D eigenvalue weighted by molar-refractivity contribution is -0.123. The first kappa shape index (κ1) is 22.3. The number of nitrogens with two attached hydrogens (primary N) is 1. The first-order valence-electron chi connectivity index (χ1n) is 10.9. The molecule has 0 spiro atoms. The van der Waals surface area contributed by atoms with Crippen LogP contribution in [-0.2, 0) is 4.79 Å². The summed E-state index contributed by atoms with van der Waals surface area (Å²) in [6, 6.07) is 10.8. The maximum Gasteiger partial charge on any atom is 0.235 e. The average Bonchev–Trinajstić information content (AvgIpc) is 3.53. The second-order valence-corrected chi connectivity index (χ2v) is 10.5. The highest BCUT2D eigenvalue weighted by Gasteiger charge is 2.39. The highest BCUT2D eigenvalue weighted by atomic mass is 32.2. The van der Waals surface area contributed by atoms with Crippen LogP contribution >= 0.6 is 23.3 Å². The second kappa shape index (κ2) is 9.04. The van der Waals surface area contributed by atoms with Gasteiger partial charge in [-0.1, -0.05) is 23.5 Å². The van der Waals surface area contributed by atoms with E-state index in [-0.39, 0.29) is 17.4 Å². The van der Waals surface area contributed by atoms with Gasteiger partial charge in [0.1, 0.15) is 11.6 Å². The molecular formula is C24H24F2N4OS2. The Hall–Kier alpha value is -2.49. The van der Waals surface area contributed by atoms with Crippen LogP contribution in [0.2, 0.25) is 0 Å². The summed E-state index contributed by atoms with van der Waals surface area (Å²) < 4.78 is 28.5. The molecule has 9 heteroatoms. The summed E-state index contributed by atoms with van der Waals surface area (Å²) in [4.78, 5) is 21.9. The van der Waals surface area contributed by atoms with E-state index < -0.39 is 11.6 Å². The van der Waals surface area contributed by atoms with Crippen molar-refractivity contribution in [1.82, 2.24) is 4.98 Å². The Morgan fingerprint density at radius 2 is 1.94 bits per heavy atom. The molecule has 1 aliphatic heterocycles. The minimum atomic E-state index is -0.470. The summed E-state index contributed by atoms with van der Waals surface area (Å²) in [6.45, 7) is 3.87. The third kappa shape index (κ3) is 4.62. The van der Waals surface area contributed by atoms with Crippen molar-refractivity contribution in [3.63, 3.8) is 0 Å². The number of rotatable bonds is 7. The number of thiazole rings is 1. The lowest BCUT2D eigenvalue weighted by atomic mass is 9.96. The number of nitrogens with zero attached hydrogens (tertiary/aromatic N) is 3. The van der Waals surface area contributed by atoms with Gasteiger partial charge in [0.05, 0.1) is 15.8 Å². The molecule has 33 heavy (non-hydrogen) atoms. The molecule has 5 nitrogen and oxygen atoms in total. The van der Waals surface area contributed by atoms with E-state index in [0.717, 1.165) is 45.7 Å². The normalized spacial score (nSPS) is 16.1. The van der Waals surface area contributed by atoms with E-state index in [9.17, 15) is 13.6 Å². The van der Waals surface area contributed by atoms with Gasteiger partial charge in [0.2, 0.25) is 5.91 Å². The molecular weight excluding hydrogens is 462 g/mol. The SMILES string of the molecule is Cc1nc(N(CC2CC2)C(=O)C2CN(c3ccc(-c4cc(F)ccc4F)cc3)C2)sc1SN. The summed E-state index contributed by atoms with van der Waals surface area (Å²) in [5, 5.41) is 6.47. The topological polar surface area (TPSA) is 62.5 Å². The van der Waals surface area contributed by atoms with E-state index in [1.54, 1.807) is 12.1 Å². The third-order valence-electron chi connectivity index (χ3n) is 6.19. The maximum absolute atomic E-state index is 14.1. The molecule has 0 radical (unpaired) electrons. The number of carbonyl (C=O) groups excluding carboxylic acids is 1. The van der Waals surface area contributed by atoms with E-state index in [1.807, 2.05) is 24.0 Å². The Balaban J connectivity index is 1.26. The third-order valence-corrected chi connectivity index (χ3v) is 8.21. The Kier molecular flexibility index (Phi) is 6.11. The molecule has 1 aliphatic carbocycles. The Bertz CT molecular complexity index is 1170. The number of benzene rings is 2. The van der Waals surface area contributed by atoms with Crippen LogP contribution in [0.15, 0.2) is 46.7 Å². The van der Waals surface area contributed by atoms with Crippen molar-refractivity contribution in [2.24, 2.45) is 17.0 Å². The number of amides is 1. The molecule has 1 saturated carbocycles. The molecule has 0 unspecified atom stereocenters. The molecule has 1 aromatic heterocycles. The van der Waals surface area contributed by atoms with Gasteiger partial charge in [0.25, 0.3) is 0 Å². The highest BCUT2D eigenvalue weighted by Crippen LogP contribution is 2.38. The van der Waals surface area contributed by atoms with Crippen molar-refractivity contribution < 1.29 is 13.6 Å². The minimum absolute atomic E-state index is 0.0951. The number of carbonyl (C=O) groups is 1. The van der Waals surface area contributed by atoms with Crippen molar-refractivity contribution in [3.8, 4) is 11.1 Å². The fraction of sp³-hybridized carbons (Fsp3) is 0.333. The Morgan fingerprint density at radius 3 is 2.58 bits per heavy atom. The van der Waals surface area contributed by atoms with Crippen LogP contribution < -0.4 is 14.9 Å². The van der Waals surface area contributed by atoms with Crippen LogP contribution in [-0.4, -0.2) is 30.5 Å². The molecule has 0 bridgehead atoms. The van der Waals surface area contributed by atoms with E-state index in [2.05, 4.69) is 9.88 Å². The molecule has 2 N–H and O–H groups in total. The van der Waals surface area contributed by atoms with Crippen molar-refractivity contribution in [2.75, 3.05) is 29.4 Å². The van der Waals surface area contributed by atoms with Gasteiger partial charge in [-0.2, -0.15) is 0 Å². The molecule has 3 aromatic rings. The predicted molar refractivity (Wildman–Crippen MR) is 129 cm³/mol. The van der Waals surface area contributed by atoms with Crippen LogP contribution in [0.5, 0.6) is 0 Å². The largest absolute Gasteiger partial charge is 0.370 e. The zero-order chi connectivity index (χ0) is 23.1. The van der Waals surface area contributed by atoms with Crippen molar-refractivity contribution in [2.45, 2.75) is 24.0 Å². The van der Waals surface area contributed by atoms with Gasteiger partial charge in [-0.05, 0) is 73.5 Å². The summed E-state index contributed by atoms with van der Waals surface area (Å²) in [7, 11) is 0. The zero-order valence-corrected chi connectivity index (χ0v) is 19.8. The van der Waals surface area contributed by atoms with Gasteiger partial charge >= 0.3 is 0 Å². The van der Waals surface area contributed by atoms with Gasteiger partial charge in [-0.25, -0.2) is 13.8 Å². The molecule has 2 aromatic carbocycles. The fourth-order valence-electron chi connectivity index (χ4n) is 4.05. The van der Waals surface area contributed by atoms with Crippen LogP contribution in [0.25, 0.3) is 11.1 Å². The summed E-state index contributed by atoms with van der Waals surface area (Å²) in [6.07, 6.45) is 2.31. The number of hydrogen-bond donors (Lipinski definition) is 1. The highest BCUT2D eigenvalue weighted by molar-refractivity contribution is 7.99. The quantitative estimate of drug-likeness (QED) is 0.463. The Morgan fingerprint density at radius 1 is 1.21 bits per heavy atom. The molecule has 172 valence electrons. The average molecular weight is 487 g/mol. The van der Waals surface area contributed by atoms with Crippen LogP contribution in [0.1, 0.15) is 18.5 Å². The lowest BCUT2D eigenvalue weighted by Crippen LogP contribution is -2.55. The van der Waals surface area contributed by atoms with Gasteiger partial charge < -0.3 is 4.90 Å². The van der Waals surface area contributed by atoms with Crippen molar-refractivity contribution in [1.29, 1.82) is 0 Å². The molecule has 1 saturated heterocycles. The minimum Gasteiger partial charge on any atom is -0.370 e. The molecule has 5 rings (SSSR count). The maximum atomic E-state index is 14.1. The Labute approximate surface area is 199 Å². The summed E-state index contributed by atoms with van der Waals surface area (Å²) >= 11 is 2.65. The van der Waals surface area contributed by atoms with E-state index in [1.165, 1.54) is 29.4 Å². The van der Waals surface area contributed by atoms with Gasteiger partial charge in [0.15, 0.2) is 5.13 Å². The molecule has 2 fully saturated rings. The molecule has 0 atom stereocenters. The first-order chi connectivity index (χ1) is 15.9. The molecule has 2 heterocycles. The van der Waals surface area contributed by atoms with Crippen LogP contribution in [0.4, 0.5) is 19.6 Å². The zero-order valence-electron chi connectivity index (χ0n) is 18.1. The van der Waals surface area contributed by atoms with Crippen molar-refractivity contribution >= 4 is 40.0 Å². The summed E-state index contributed by atoms with van der Waals surface area (Å²) in [5.74, 6) is -0.355. The van der Waals surface area contributed by atoms with Crippen LogP contribution in [0, 0.1) is 30.4 Å². The number of aromatic nitrogens is 1. The number of aryl methyl sites for hydroxylation is 1. The smallest absolute Gasteiger partial charge is 0.235 e. The van der Waals surface area contributed by atoms with Crippen molar-refractivity contribution in [3.05, 3.63) is 59.8 Å². The predicted octanol–water partition coefficient (Wildman–Crippen LogP) is 5.24. The molecule has 2 aliphatic rings.